The summed E-state index contributed by atoms with van der Waals surface area (Å²) in [5.41, 5.74) is 1.49. The summed E-state index contributed by atoms with van der Waals surface area (Å²) in [4.78, 5) is 7.05. The molecule has 2 heterocycles. The van der Waals surface area contributed by atoms with Crippen molar-refractivity contribution in [3.05, 3.63) is 35.7 Å². The van der Waals surface area contributed by atoms with E-state index in [1.165, 1.54) is 38.9 Å². The zero-order chi connectivity index (χ0) is 16.1. The Morgan fingerprint density at radius 2 is 2.00 bits per heavy atom. The maximum Gasteiger partial charge on any atom is 0.257 e. The summed E-state index contributed by atoms with van der Waals surface area (Å²) in [5, 5.41) is 13.0. The van der Waals surface area contributed by atoms with Crippen molar-refractivity contribution in [3.63, 3.8) is 0 Å². The van der Waals surface area contributed by atoms with Crippen LogP contribution in [0.25, 0.3) is 11.5 Å². The highest BCUT2D eigenvalue weighted by molar-refractivity contribution is 5.54. The van der Waals surface area contributed by atoms with Gasteiger partial charge >= 0.3 is 0 Å². The number of hydrogen-bond acceptors (Lipinski definition) is 5. The summed E-state index contributed by atoms with van der Waals surface area (Å²) in [6.45, 7) is 5.80. The van der Waals surface area contributed by atoms with Crippen molar-refractivity contribution in [3.8, 4) is 17.5 Å². The molecule has 5 nitrogen and oxygen atoms in total. The zero-order valence-corrected chi connectivity index (χ0v) is 13.5. The van der Waals surface area contributed by atoms with E-state index >= 15 is 0 Å². The van der Waals surface area contributed by atoms with E-state index < -0.39 is 0 Å². The fourth-order valence-corrected chi connectivity index (χ4v) is 3.13. The lowest BCUT2D eigenvalue weighted by atomic mass is 9.93. The van der Waals surface area contributed by atoms with E-state index in [1.807, 2.05) is 12.1 Å². The van der Waals surface area contributed by atoms with E-state index in [0.717, 1.165) is 17.8 Å². The third kappa shape index (κ3) is 3.96. The minimum atomic E-state index is 0.535. The molecule has 120 valence electrons. The Morgan fingerprint density at radius 1 is 1.26 bits per heavy atom. The molecule has 1 aromatic carbocycles. The number of benzene rings is 1. The van der Waals surface area contributed by atoms with Gasteiger partial charge in [0, 0.05) is 12.0 Å². The van der Waals surface area contributed by atoms with E-state index in [1.54, 1.807) is 12.1 Å². The summed E-state index contributed by atoms with van der Waals surface area (Å²) >= 11 is 0. The lowest BCUT2D eigenvalue weighted by molar-refractivity contribution is 0.182. The topological polar surface area (TPSA) is 66.0 Å². The van der Waals surface area contributed by atoms with Crippen LogP contribution in [0.5, 0.6) is 0 Å². The molecule has 0 bridgehead atoms. The molecule has 2 aromatic rings. The zero-order valence-electron chi connectivity index (χ0n) is 13.5. The van der Waals surface area contributed by atoms with Crippen LogP contribution in [0.15, 0.2) is 28.8 Å². The van der Waals surface area contributed by atoms with Gasteiger partial charge in [-0.25, -0.2) is 0 Å². The molecule has 0 saturated carbocycles. The average molecular weight is 310 g/mol. The molecule has 1 aliphatic rings. The molecule has 23 heavy (non-hydrogen) atoms. The largest absolute Gasteiger partial charge is 0.334 e. The van der Waals surface area contributed by atoms with E-state index in [2.05, 4.69) is 28.0 Å². The molecule has 1 aromatic heterocycles. The first-order valence-electron chi connectivity index (χ1n) is 8.34. The average Bonchev–Trinajstić information content (AvgIpc) is 3.05. The molecular weight excluding hydrogens is 288 g/mol. The molecule has 3 rings (SSSR count). The van der Waals surface area contributed by atoms with Crippen molar-refractivity contribution >= 4 is 0 Å². The molecule has 1 saturated heterocycles. The number of piperidine rings is 1. The Labute approximate surface area is 136 Å². The first-order chi connectivity index (χ1) is 11.3. The second-order valence-corrected chi connectivity index (χ2v) is 6.19. The van der Waals surface area contributed by atoms with Gasteiger partial charge in [0.1, 0.15) is 0 Å². The SMILES string of the molecule is CCCN1CCC(Cc2noc(-c3ccc(C#N)cc3)n2)CC1. The minimum Gasteiger partial charge on any atom is -0.334 e. The van der Waals surface area contributed by atoms with Crippen molar-refractivity contribution in [1.29, 1.82) is 5.26 Å². The van der Waals surface area contributed by atoms with Crippen LogP contribution < -0.4 is 0 Å². The van der Waals surface area contributed by atoms with Crippen LogP contribution in [0.4, 0.5) is 0 Å². The summed E-state index contributed by atoms with van der Waals surface area (Å²) < 4.78 is 5.37. The summed E-state index contributed by atoms with van der Waals surface area (Å²) in [7, 11) is 0. The number of hydrogen-bond donors (Lipinski definition) is 0. The van der Waals surface area contributed by atoms with Gasteiger partial charge in [-0.3, -0.25) is 0 Å². The predicted octanol–water partition coefficient (Wildman–Crippen LogP) is 3.27. The van der Waals surface area contributed by atoms with Gasteiger partial charge in [-0.1, -0.05) is 12.1 Å². The summed E-state index contributed by atoms with van der Waals surface area (Å²) in [5.74, 6) is 1.97. The van der Waals surface area contributed by atoms with Crippen LogP contribution in [0.2, 0.25) is 0 Å². The molecular formula is C18H22N4O. The standard InChI is InChI=1S/C18H22N4O/c1-2-9-22-10-7-14(8-11-22)12-17-20-18(23-21-17)16-5-3-15(13-19)4-6-16/h3-6,14H,2,7-12H2,1H3. The lowest BCUT2D eigenvalue weighted by Crippen LogP contribution is -2.34. The number of likely N-dealkylation sites (tertiary alicyclic amines) is 1. The number of nitrogens with zero attached hydrogens (tertiary/aromatic N) is 4. The van der Waals surface area contributed by atoms with E-state index in [9.17, 15) is 0 Å². The molecule has 0 unspecified atom stereocenters. The molecule has 0 spiro atoms. The molecule has 1 aliphatic heterocycles. The first kappa shape index (κ1) is 15.7. The molecule has 0 amide bonds. The monoisotopic (exact) mass is 310 g/mol. The Kier molecular flexibility index (Phi) is 5.04. The van der Waals surface area contributed by atoms with Crippen LogP contribution in [-0.4, -0.2) is 34.7 Å². The molecule has 0 radical (unpaired) electrons. The molecule has 0 aliphatic carbocycles. The Bertz CT molecular complexity index is 663. The summed E-state index contributed by atoms with van der Waals surface area (Å²) in [6.07, 6.45) is 4.53. The molecule has 0 N–H and O–H groups in total. The van der Waals surface area contributed by atoms with Gasteiger partial charge in [-0.2, -0.15) is 10.2 Å². The Hall–Kier alpha value is -2.19. The van der Waals surface area contributed by atoms with Crippen molar-refractivity contribution in [1.82, 2.24) is 15.0 Å². The Morgan fingerprint density at radius 3 is 2.65 bits per heavy atom. The van der Waals surface area contributed by atoms with Crippen molar-refractivity contribution in [2.75, 3.05) is 19.6 Å². The van der Waals surface area contributed by atoms with Crippen molar-refractivity contribution < 1.29 is 4.52 Å². The van der Waals surface area contributed by atoms with Gasteiger partial charge in [0.05, 0.1) is 11.6 Å². The molecule has 5 heteroatoms. The first-order valence-corrected chi connectivity index (χ1v) is 8.34. The molecule has 0 atom stereocenters. The molecule has 1 fully saturated rings. The highest BCUT2D eigenvalue weighted by Crippen LogP contribution is 2.23. The van der Waals surface area contributed by atoms with Gasteiger partial charge in [0.25, 0.3) is 5.89 Å². The second kappa shape index (κ2) is 7.38. The van der Waals surface area contributed by atoms with Gasteiger partial charge < -0.3 is 9.42 Å². The van der Waals surface area contributed by atoms with Crippen LogP contribution in [0, 0.1) is 17.2 Å². The quantitative estimate of drug-likeness (QED) is 0.848. The maximum atomic E-state index is 8.83. The Balaban J connectivity index is 1.58. The second-order valence-electron chi connectivity index (χ2n) is 6.19. The highest BCUT2D eigenvalue weighted by atomic mass is 16.5. The number of aromatic nitrogens is 2. The van der Waals surface area contributed by atoms with Gasteiger partial charge in [-0.05, 0) is 69.1 Å². The smallest absolute Gasteiger partial charge is 0.257 e. The third-order valence-corrected chi connectivity index (χ3v) is 4.45. The van der Waals surface area contributed by atoms with Crippen molar-refractivity contribution in [2.45, 2.75) is 32.6 Å². The van der Waals surface area contributed by atoms with E-state index in [-0.39, 0.29) is 0 Å². The minimum absolute atomic E-state index is 0.535. The number of nitriles is 1. The highest BCUT2D eigenvalue weighted by Gasteiger charge is 2.21. The number of rotatable bonds is 5. The van der Waals surface area contributed by atoms with Crippen molar-refractivity contribution in [2.24, 2.45) is 5.92 Å². The van der Waals surface area contributed by atoms with Crippen LogP contribution >= 0.6 is 0 Å². The fourth-order valence-electron chi connectivity index (χ4n) is 3.13. The van der Waals surface area contributed by atoms with Gasteiger partial charge in [-0.15, -0.1) is 0 Å². The summed E-state index contributed by atoms with van der Waals surface area (Å²) in [6, 6.07) is 9.33. The van der Waals surface area contributed by atoms with Crippen LogP contribution in [0.3, 0.4) is 0 Å². The predicted molar refractivity (Wildman–Crippen MR) is 87.6 cm³/mol. The van der Waals surface area contributed by atoms with Crippen LogP contribution in [-0.2, 0) is 6.42 Å². The van der Waals surface area contributed by atoms with E-state index in [0.29, 0.717) is 17.4 Å². The van der Waals surface area contributed by atoms with Gasteiger partial charge in [0.15, 0.2) is 5.82 Å². The van der Waals surface area contributed by atoms with Crippen LogP contribution in [0.1, 0.15) is 37.6 Å². The lowest BCUT2D eigenvalue weighted by Gasteiger charge is -2.31. The van der Waals surface area contributed by atoms with E-state index in [4.69, 9.17) is 9.78 Å². The normalized spacial score (nSPS) is 16.3. The fraction of sp³-hybridized carbons (Fsp3) is 0.500. The van der Waals surface area contributed by atoms with Gasteiger partial charge in [0.2, 0.25) is 0 Å². The third-order valence-electron chi connectivity index (χ3n) is 4.45. The maximum absolute atomic E-state index is 8.83.